The Hall–Kier alpha value is -2.09. The van der Waals surface area contributed by atoms with Gasteiger partial charge in [-0.25, -0.2) is 0 Å². The second-order valence-electron chi connectivity index (χ2n) is 3.44. The molecule has 0 aliphatic heterocycles. The normalized spacial score (nSPS) is 12.9. The second kappa shape index (κ2) is 4.54. The number of halogens is 6. The van der Waals surface area contributed by atoms with Crippen LogP contribution in [0.2, 0.25) is 0 Å². The van der Waals surface area contributed by atoms with Gasteiger partial charge >= 0.3 is 12.4 Å². The summed E-state index contributed by atoms with van der Waals surface area (Å²) in [6, 6.07) is 2.05. The molecule has 0 bridgehead atoms. The Morgan fingerprint density at radius 1 is 0.947 bits per heavy atom. The predicted molar refractivity (Wildman–Crippen MR) is 51.0 cm³/mol. The third-order valence-corrected chi connectivity index (χ3v) is 2.30. The number of phenolic OH excluding ortho intramolecular Hbond substituents is 1. The first-order chi connectivity index (χ1) is 8.56. The molecule has 0 unspecified atom stereocenters. The summed E-state index contributed by atoms with van der Waals surface area (Å²) in [7, 11) is 0. The zero-order chi connectivity index (χ0) is 14.9. The molecular formula is C9H5F6N3O. The first-order valence-electron chi connectivity index (χ1n) is 4.55. The summed E-state index contributed by atoms with van der Waals surface area (Å²) < 4.78 is 76.8. The molecule has 1 rings (SSSR count). The lowest BCUT2D eigenvalue weighted by Gasteiger charge is -2.33. The molecule has 0 heterocycles. The molecule has 1 aromatic rings. The first-order valence-corrected chi connectivity index (χ1v) is 4.55. The maximum absolute atomic E-state index is 12.8. The number of aromatic hydroxyl groups is 1. The van der Waals surface area contributed by atoms with E-state index < -0.39 is 29.2 Å². The van der Waals surface area contributed by atoms with Crippen LogP contribution in [0.3, 0.4) is 0 Å². The highest BCUT2D eigenvalue weighted by Crippen LogP contribution is 2.53. The molecular weight excluding hydrogens is 280 g/mol. The van der Waals surface area contributed by atoms with Gasteiger partial charge in [-0.15, -0.1) is 0 Å². The van der Waals surface area contributed by atoms with Crippen LogP contribution in [0, 0.1) is 0 Å². The number of rotatable bonds is 2. The van der Waals surface area contributed by atoms with E-state index in [4.69, 9.17) is 10.6 Å². The fourth-order valence-electron chi connectivity index (χ4n) is 1.43. The molecule has 0 radical (unpaired) electrons. The van der Waals surface area contributed by atoms with Crippen LogP contribution in [0.1, 0.15) is 5.56 Å². The molecule has 0 aliphatic carbocycles. The van der Waals surface area contributed by atoms with Crippen molar-refractivity contribution >= 4 is 0 Å². The molecule has 0 amide bonds. The highest BCUT2D eigenvalue weighted by molar-refractivity contribution is 5.34. The predicted octanol–water partition coefficient (Wildman–Crippen LogP) is 4.02. The van der Waals surface area contributed by atoms with Gasteiger partial charge in [-0.2, -0.15) is 26.3 Å². The van der Waals surface area contributed by atoms with Gasteiger partial charge in [0.05, 0.1) is 0 Å². The Labute approximate surface area is 101 Å². The van der Waals surface area contributed by atoms with Gasteiger partial charge in [0.25, 0.3) is 5.54 Å². The number of phenols is 1. The third kappa shape index (κ3) is 2.39. The molecule has 19 heavy (non-hydrogen) atoms. The molecule has 0 saturated heterocycles. The molecule has 1 N–H and O–H groups in total. The van der Waals surface area contributed by atoms with Gasteiger partial charge in [0.2, 0.25) is 0 Å². The van der Waals surface area contributed by atoms with Gasteiger partial charge in [0.15, 0.2) is 0 Å². The standard InChI is InChI=1S/C9H5F6N3O/c10-8(11,12)7(17-18-16,9(13,14)15)5-1-3-6(19)4-2-5/h1-4,19H. The molecule has 0 aliphatic rings. The minimum atomic E-state index is -5.88. The Kier molecular flexibility index (Phi) is 3.58. The van der Waals surface area contributed by atoms with E-state index in [1.54, 1.807) is 4.91 Å². The van der Waals surface area contributed by atoms with E-state index in [-0.39, 0.29) is 0 Å². The van der Waals surface area contributed by atoms with Crippen molar-refractivity contribution in [1.82, 2.24) is 0 Å². The Balaban J connectivity index is 3.67. The maximum Gasteiger partial charge on any atom is 0.413 e. The molecule has 10 heteroatoms. The number of azide groups is 1. The van der Waals surface area contributed by atoms with Gasteiger partial charge in [0.1, 0.15) is 5.75 Å². The van der Waals surface area contributed by atoms with Crippen molar-refractivity contribution in [1.29, 1.82) is 0 Å². The van der Waals surface area contributed by atoms with Crippen LogP contribution in [0.5, 0.6) is 5.75 Å². The van der Waals surface area contributed by atoms with E-state index in [2.05, 4.69) is 0 Å². The Morgan fingerprint density at radius 3 is 1.68 bits per heavy atom. The van der Waals surface area contributed by atoms with E-state index in [1.807, 2.05) is 5.11 Å². The second-order valence-corrected chi connectivity index (χ2v) is 3.44. The Morgan fingerprint density at radius 2 is 1.37 bits per heavy atom. The number of benzene rings is 1. The van der Waals surface area contributed by atoms with E-state index in [1.165, 1.54) is 0 Å². The maximum atomic E-state index is 12.8. The highest BCUT2D eigenvalue weighted by atomic mass is 19.4. The van der Waals surface area contributed by atoms with Crippen LogP contribution >= 0.6 is 0 Å². The van der Waals surface area contributed by atoms with Crippen molar-refractivity contribution in [2.75, 3.05) is 0 Å². The van der Waals surface area contributed by atoms with E-state index >= 15 is 0 Å². The van der Waals surface area contributed by atoms with E-state index in [9.17, 15) is 26.3 Å². The van der Waals surface area contributed by atoms with Crippen molar-refractivity contribution in [3.8, 4) is 5.75 Å². The number of nitrogens with zero attached hydrogens (tertiary/aromatic N) is 3. The quantitative estimate of drug-likeness (QED) is 0.379. The lowest BCUT2D eigenvalue weighted by Crippen LogP contribution is -2.52. The van der Waals surface area contributed by atoms with Gasteiger partial charge in [0, 0.05) is 4.91 Å². The van der Waals surface area contributed by atoms with Crippen molar-refractivity contribution < 1.29 is 31.4 Å². The lowest BCUT2D eigenvalue weighted by molar-refractivity contribution is -0.301. The lowest BCUT2D eigenvalue weighted by atomic mass is 9.89. The number of hydrogen-bond acceptors (Lipinski definition) is 2. The van der Waals surface area contributed by atoms with Crippen LogP contribution in [-0.2, 0) is 5.54 Å². The molecule has 104 valence electrons. The smallest absolute Gasteiger partial charge is 0.413 e. The average molecular weight is 285 g/mol. The summed E-state index contributed by atoms with van der Waals surface area (Å²) >= 11 is 0. The van der Waals surface area contributed by atoms with E-state index in [0.717, 1.165) is 0 Å². The van der Waals surface area contributed by atoms with Crippen molar-refractivity contribution in [3.63, 3.8) is 0 Å². The van der Waals surface area contributed by atoms with Crippen molar-refractivity contribution in [2.45, 2.75) is 17.9 Å². The average Bonchev–Trinajstić information content (AvgIpc) is 2.24. The van der Waals surface area contributed by atoms with Gasteiger partial charge in [-0.1, -0.05) is 17.2 Å². The molecule has 1 aromatic carbocycles. The molecule has 0 fully saturated rings. The molecule has 4 nitrogen and oxygen atoms in total. The summed E-state index contributed by atoms with van der Waals surface area (Å²) in [6.07, 6.45) is -11.8. The molecule has 0 atom stereocenters. The number of hydrogen-bond donors (Lipinski definition) is 1. The zero-order valence-electron chi connectivity index (χ0n) is 8.87. The Bertz CT molecular complexity index is 486. The SMILES string of the molecule is [N-]=[N+]=NC(c1ccc(O)cc1)(C(F)(F)F)C(F)(F)F. The molecule has 0 saturated carbocycles. The summed E-state index contributed by atoms with van der Waals surface area (Å²) in [5, 5.41) is 10.8. The summed E-state index contributed by atoms with van der Waals surface area (Å²) in [4.78, 5) is 1.66. The van der Waals surface area contributed by atoms with Crippen molar-refractivity contribution in [2.24, 2.45) is 5.11 Å². The minimum absolute atomic E-state index is 0.394. The third-order valence-electron chi connectivity index (χ3n) is 2.30. The topological polar surface area (TPSA) is 69.0 Å². The van der Waals surface area contributed by atoms with Crippen molar-refractivity contribution in [3.05, 3.63) is 40.3 Å². The summed E-state index contributed by atoms with van der Waals surface area (Å²) in [5.41, 5.74) is 2.03. The van der Waals surface area contributed by atoms with Crippen LogP contribution in [0.25, 0.3) is 10.4 Å². The highest BCUT2D eigenvalue weighted by Gasteiger charge is 2.71. The fraction of sp³-hybridized carbons (Fsp3) is 0.333. The van der Waals surface area contributed by atoms with Gasteiger partial charge < -0.3 is 5.11 Å². The molecule has 0 spiro atoms. The largest absolute Gasteiger partial charge is 0.508 e. The van der Waals surface area contributed by atoms with Gasteiger partial charge in [-0.3, -0.25) is 0 Å². The summed E-state index contributed by atoms with van der Waals surface area (Å²) in [5.74, 6) is -0.525. The monoisotopic (exact) mass is 285 g/mol. The van der Waals surface area contributed by atoms with Crippen LogP contribution in [-0.4, -0.2) is 17.5 Å². The summed E-state index contributed by atoms with van der Waals surface area (Å²) in [6.45, 7) is 0. The minimum Gasteiger partial charge on any atom is -0.508 e. The molecule has 0 aromatic heterocycles. The zero-order valence-corrected chi connectivity index (χ0v) is 8.87. The van der Waals surface area contributed by atoms with E-state index in [0.29, 0.717) is 24.3 Å². The van der Waals surface area contributed by atoms with Crippen LogP contribution in [0.4, 0.5) is 26.3 Å². The van der Waals surface area contributed by atoms with Crippen LogP contribution in [0.15, 0.2) is 29.4 Å². The van der Waals surface area contributed by atoms with Gasteiger partial charge in [-0.05, 0) is 23.2 Å². The first kappa shape index (κ1) is 15.0. The number of alkyl halides is 6. The fourth-order valence-corrected chi connectivity index (χ4v) is 1.43. The van der Waals surface area contributed by atoms with Crippen LogP contribution < -0.4 is 0 Å².